The first-order valence-electron chi connectivity index (χ1n) is 8.72. The standard InChI is InChI=1S/C22H15ClN5O/c1-13-19-9-15(5-8-18(19)22(29)27-26-13)20-12-25-28(2)21(20)10-16(11-24)14-3-6-17(23)7-4-14/h3-10,12H,1H2,2H3,(H,27,29). The first-order chi connectivity index (χ1) is 14.0. The molecule has 0 aliphatic carbocycles. The number of fused-ring (bicyclic) bond motifs is 1. The molecule has 1 N–H and O–H groups in total. The predicted molar refractivity (Wildman–Crippen MR) is 114 cm³/mol. The number of rotatable bonds is 3. The van der Waals surface area contributed by atoms with Crippen LogP contribution in [0, 0.1) is 18.3 Å². The van der Waals surface area contributed by atoms with Gasteiger partial charge in [-0.15, -0.1) is 0 Å². The number of aromatic nitrogens is 4. The van der Waals surface area contributed by atoms with E-state index in [1.807, 2.05) is 19.2 Å². The lowest BCUT2D eigenvalue weighted by atomic mass is 9.99. The van der Waals surface area contributed by atoms with Gasteiger partial charge < -0.3 is 0 Å². The molecule has 0 saturated heterocycles. The summed E-state index contributed by atoms with van der Waals surface area (Å²) in [5, 5.41) is 22.2. The summed E-state index contributed by atoms with van der Waals surface area (Å²) >= 11 is 5.95. The van der Waals surface area contributed by atoms with Gasteiger partial charge in [0.05, 0.1) is 34.6 Å². The average Bonchev–Trinajstić information content (AvgIpc) is 3.09. The molecule has 2 aromatic heterocycles. The molecular formula is C22H15ClN5O. The van der Waals surface area contributed by atoms with Crippen molar-refractivity contribution >= 4 is 34.0 Å². The van der Waals surface area contributed by atoms with E-state index in [2.05, 4.69) is 28.3 Å². The fourth-order valence-electron chi connectivity index (χ4n) is 3.17. The van der Waals surface area contributed by atoms with Crippen LogP contribution in [0.4, 0.5) is 0 Å². The van der Waals surface area contributed by atoms with Gasteiger partial charge in [0.1, 0.15) is 0 Å². The summed E-state index contributed by atoms with van der Waals surface area (Å²) in [6, 6.07) is 14.8. The van der Waals surface area contributed by atoms with Crippen molar-refractivity contribution in [3.63, 3.8) is 0 Å². The zero-order valence-electron chi connectivity index (χ0n) is 15.5. The minimum absolute atomic E-state index is 0.264. The fourth-order valence-corrected chi connectivity index (χ4v) is 3.30. The average molecular weight is 401 g/mol. The maximum atomic E-state index is 12.0. The number of hydrogen-bond donors (Lipinski definition) is 1. The Morgan fingerprint density at radius 1 is 1.24 bits per heavy atom. The summed E-state index contributed by atoms with van der Waals surface area (Å²) in [4.78, 5) is 12.0. The molecule has 6 nitrogen and oxygen atoms in total. The van der Waals surface area contributed by atoms with Crippen molar-refractivity contribution < 1.29 is 0 Å². The Bertz CT molecular complexity index is 1360. The lowest BCUT2D eigenvalue weighted by molar-refractivity contribution is 0.760. The third-order valence-electron chi connectivity index (χ3n) is 4.72. The van der Waals surface area contributed by atoms with E-state index in [1.165, 1.54) is 0 Å². The first kappa shape index (κ1) is 18.7. The van der Waals surface area contributed by atoms with E-state index in [-0.39, 0.29) is 5.56 Å². The molecule has 0 bridgehead atoms. The second-order valence-electron chi connectivity index (χ2n) is 6.50. The predicted octanol–water partition coefficient (Wildman–Crippen LogP) is 4.22. The number of nitrogens with zero attached hydrogens (tertiary/aromatic N) is 4. The molecule has 0 atom stereocenters. The highest BCUT2D eigenvalue weighted by molar-refractivity contribution is 6.30. The molecule has 2 heterocycles. The SMILES string of the molecule is [CH2]c1n[nH]c(=O)c2ccc(-c3cnn(C)c3C=C(C#N)c3ccc(Cl)cc3)cc12. The third kappa shape index (κ3) is 3.44. The van der Waals surface area contributed by atoms with Gasteiger partial charge in [0.15, 0.2) is 0 Å². The lowest BCUT2D eigenvalue weighted by Gasteiger charge is -2.07. The zero-order chi connectivity index (χ0) is 20.5. The number of nitriles is 1. The number of H-pyrrole nitrogens is 1. The maximum absolute atomic E-state index is 12.0. The van der Waals surface area contributed by atoms with E-state index in [1.54, 1.807) is 47.3 Å². The minimum Gasteiger partial charge on any atom is -0.268 e. The minimum atomic E-state index is -0.264. The second kappa shape index (κ2) is 7.38. The van der Waals surface area contributed by atoms with Crippen molar-refractivity contribution in [1.82, 2.24) is 20.0 Å². The van der Waals surface area contributed by atoms with E-state index in [9.17, 15) is 10.1 Å². The van der Waals surface area contributed by atoms with Crippen molar-refractivity contribution in [1.29, 1.82) is 5.26 Å². The number of benzene rings is 2. The van der Waals surface area contributed by atoms with Gasteiger partial charge in [-0.25, -0.2) is 5.10 Å². The molecule has 0 aliphatic rings. The highest BCUT2D eigenvalue weighted by Crippen LogP contribution is 2.29. The van der Waals surface area contributed by atoms with Gasteiger partial charge in [0.2, 0.25) is 0 Å². The molecule has 7 heteroatoms. The molecule has 0 amide bonds. The number of allylic oxidation sites excluding steroid dienone is 1. The molecule has 0 aliphatic heterocycles. The molecule has 0 spiro atoms. The summed E-state index contributed by atoms with van der Waals surface area (Å²) in [6.07, 6.45) is 3.52. The van der Waals surface area contributed by atoms with E-state index < -0.39 is 0 Å². The molecule has 1 radical (unpaired) electrons. The molecule has 29 heavy (non-hydrogen) atoms. The highest BCUT2D eigenvalue weighted by Gasteiger charge is 2.13. The Kier molecular flexibility index (Phi) is 4.75. The summed E-state index contributed by atoms with van der Waals surface area (Å²) in [7, 11) is 1.81. The lowest BCUT2D eigenvalue weighted by Crippen LogP contribution is -2.09. The molecule has 141 valence electrons. The Morgan fingerprint density at radius 3 is 2.72 bits per heavy atom. The molecule has 0 saturated carbocycles. The van der Waals surface area contributed by atoms with Crippen LogP contribution in [0.25, 0.3) is 33.5 Å². The quantitative estimate of drug-likeness (QED) is 0.521. The summed E-state index contributed by atoms with van der Waals surface area (Å²) < 4.78 is 1.70. The topological polar surface area (TPSA) is 87.4 Å². The van der Waals surface area contributed by atoms with E-state index in [0.717, 1.165) is 22.4 Å². The Balaban J connectivity index is 1.87. The number of halogens is 1. The number of hydrogen-bond acceptors (Lipinski definition) is 4. The van der Waals surface area contributed by atoms with Crippen LogP contribution >= 0.6 is 11.6 Å². The zero-order valence-corrected chi connectivity index (χ0v) is 16.2. The van der Waals surface area contributed by atoms with Crippen molar-refractivity contribution in [3.8, 4) is 17.2 Å². The molecule has 2 aromatic carbocycles. The molecule has 4 aromatic rings. The van der Waals surface area contributed by atoms with Crippen molar-refractivity contribution in [3.05, 3.63) is 87.9 Å². The van der Waals surface area contributed by atoms with Crippen LogP contribution in [-0.4, -0.2) is 20.0 Å². The summed E-state index contributed by atoms with van der Waals surface area (Å²) in [5.41, 5.74) is 3.92. The van der Waals surface area contributed by atoms with E-state index in [0.29, 0.717) is 27.1 Å². The van der Waals surface area contributed by atoms with Crippen molar-refractivity contribution in [2.45, 2.75) is 0 Å². The summed E-state index contributed by atoms with van der Waals surface area (Å²) in [6.45, 7) is 3.89. The maximum Gasteiger partial charge on any atom is 0.272 e. The Hall–Kier alpha value is -3.69. The number of nitrogens with one attached hydrogen (secondary N) is 1. The first-order valence-corrected chi connectivity index (χ1v) is 9.10. The Morgan fingerprint density at radius 2 is 2.00 bits per heavy atom. The number of aromatic amines is 1. The van der Waals surface area contributed by atoms with Gasteiger partial charge >= 0.3 is 0 Å². The molecule has 0 unspecified atom stereocenters. The largest absolute Gasteiger partial charge is 0.272 e. The van der Waals surface area contributed by atoms with Crippen molar-refractivity contribution in [2.75, 3.05) is 0 Å². The second-order valence-corrected chi connectivity index (χ2v) is 6.94. The van der Waals surface area contributed by atoms with Gasteiger partial charge in [-0.3, -0.25) is 9.48 Å². The van der Waals surface area contributed by atoms with E-state index >= 15 is 0 Å². The number of aryl methyl sites for hydroxylation is 1. The van der Waals surface area contributed by atoms with Gasteiger partial charge in [-0.2, -0.15) is 15.5 Å². The smallest absolute Gasteiger partial charge is 0.268 e. The van der Waals surface area contributed by atoms with Crippen LogP contribution in [0.5, 0.6) is 0 Å². The van der Waals surface area contributed by atoms with Gasteiger partial charge in [-0.1, -0.05) is 29.8 Å². The highest BCUT2D eigenvalue weighted by atomic mass is 35.5. The summed E-state index contributed by atoms with van der Waals surface area (Å²) in [5.74, 6) is 0. The molecular weight excluding hydrogens is 386 g/mol. The normalized spacial score (nSPS) is 11.6. The van der Waals surface area contributed by atoms with Crippen molar-refractivity contribution in [2.24, 2.45) is 7.05 Å². The third-order valence-corrected chi connectivity index (χ3v) is 4.97. The van der Waals surface area contributed by atoms with Crippen LogP contribution in [0.15, 0.2) is 53.5 Å². The Labute approximate surface area is 171 Å². The van der Waals surface area contributed by atoms with Gasteiger partial charge in [-0.05, 0) is 48.4 Å². The van der Waals surface area contributed by atoms with Crippen LogP contribution in [0.1, 0.15) is 17.0 Å². The molecule has 4 rings (SSSR count). The van der Waals surface area contributed by atoms with Crippen LogP contribution in [0.2, 0.25) is 5.02 Å². The van der Waals surface area contributed by atoms with Crippen LogP contribution < -0.4 is 5.56 Å². The van der Waals surface area contributed by atoms with E-state index in [4.69, 9.17) is 11.6 Å². The molecule has 0 fully saturated rings. The van der Waals surface area contributed by atoms with Gasteiger partial charge in [0.25, 0.3) is 5.56 Å². The monoisotopic (exact) mass is 400 g/mol. The van der Waals surface area contributed by atoms with Crippen LogP contribution in [0.3, 0.4) is 0 Å². The fraction of sp³-hybridized carbons (Fsp3) is 0.0455. The van der Waals surface area contributed by atoms with Gasteiger partial charge in [0, 0.05) is 23.0 Å². The van der Waals surface area contributed by atoms with Crippen LogP contribution in [-0.2, 0) is 7.05 Å².